The van der Waals surface area contributed by atoms with Crippen molar-refractivity contribution in [3.05, 3.63) is 21.9 Å². The maximum atomic E-state index is 11.8. The Kier molecular flexibility index (Phi) is 5.13. The molecular weight excluding hydrogens is 230 g/mol. The molecule has 0 aromatic carbocycles. The molecule has 4 heteroatoms. The summed E-state index contributed by atoms with van der Waals surface area (Å²) in [6.45, 7) is 2.41. The molecular formula is C8H11BrF2O. The molecule has 0 amide bonds. The lowest BCUT2D eigenvalue weighted by atomic mass is 10.3. The summed E-state index contributed by atoms with van der Waals surface area (Å²) in [5.74, 6) is 0.208. The fraction of sp³-hybridized carbons (Fsp3) is 0.500. The zero-order chi connectivity index (χ0) is 9.72. The molecule has 0 spiro atoms. The van der Waals surface area contributed by atoms with Crippen LogP contribution in [0.15, 0.2) is 21.9 Å². The third-order valence-corrected chi connectivity index (χ3v) is 1.27. The van der Waals surface area contributed by atoms with Gasteiger partial charge in [-0.1, -0.05) is 15.9 Å². The molecule has 0 rings (SSSR count). The molecule has 0 unspecified atom stereocenters. The van der Waals surface area contributed by atoms with Gasteiger partial charge in [-0.3, -0.25) is 0 Å². The van der Waals surface area contributed by atoms with Crippen molar-refractivity contribution in [3.63, 3.8) is 0 Å². The normalized spacial score (nSPS) is 11.8. The number of hydrogen-bond donors (Lipinski definition) is 0. The van der Waals surface area contributed by atoms with Crippen molar-refractivity contribution < 1.29 is 13.5 Å². The predicted octanol–water partition coefficient (Wildman–Crippen LogP) is 3.82. The van der Waals surface area contributed by atoms with Crippen molar-refractivity contribution in [3.8, 4) is 0 Å². The lowest BCUT2D eigenvalue weighted by Gasteiger charge is -2.07. The Hall–Kier alpha value is -0.380. The van der Waals surface area contributed by atoms with Gasteiger partial charge < -0.3 is 4.74 Å². The molecule has 70 valence electrons. The van der Waals surface area contributed by atoms with E-state index in [0.29, 0.717) is 5.57 Å². The number of rotatable bonds is 3. The second-order valence-corrected chi connectivity index (χ2v) is 3.72. The monoisotopic (exact) mass is 240 g/mol. The Labute approximate surface area is 79.2 Å². The van der Waals surface area contributed by atoms with Crippen molar-refractivity contribution >= 4 is 15.9 Å². The first-order valence-corrected chi connectivity index (χ1v) is 4.19. The number of hydrogen-bond acceptors (Lipinski definition) is 1. The quantitative estimate of drug-likeness (QED) is 0.539. The number of alkyl halides is 2. The Bertz CT molecular complexity index is 201. The standard InChI is InChI=1S/C8H11BrF2O/c1-5(2)7(4-6(3)9)12-8(10)11/h4,8H,1-3H3/b6-4+. The molecule has 0 aromatic heterocycles. The van der Waals surface area contributed by atoms with E-state index in [-0.39, 0.29) is 5.76 Å². The number of ether oxygens (including phenoxy) is 1. The van der Waals surface area contributed by atoms with Crippen LogP contribution in [0, 0.1) is 0 Å². The van der Waals surface area contributed by atoms with E-state index in [2.05, 4.69) is 20.7 Å². The van der Waals surface area contributed by atoms with E-state index < -0.39 is 6.61 Å². The lowest BCUT2D eigenvalue weighted by molar-refractivity contribution is -0.0929. The zero-order valence-electron chi connectivity index (χ0n) is 7.20. The molecule has 0 fully saturated rings. The van der Waals surface area contributed by atoms with Gasteiger partial charge in [0.1, 0.15) is 5.76 Å². The van der Waals surface area contributed by atoms with E-state index in [0.717, 1.165) is 4.48 Å². The molecule has 1 nitrogen and oxygen atoms in total. The molecule has 0 bridgehead atoms. The first kappa shape index (κ1) is 11.6. The van der Waals surface area contributed by atoms with Crippen molar-refractivity contribution in [2.75, 3.05) is 0 Å². The molecule has 0 aliphatic rings. The molecule has 0 saturated heterocycles. The van der Waals surface area contributed by atoms with Crippen molar-refractivity contribution in [1.29, 1.82) is 0 Å². The smallest absolute Gasteiger partial charge is 0.387 e. The van der Waals surface area contributed by atoms with E-state index in [9.17, 15) is 8.78 Å². The van der Waals surface area contributed by atoms with Gasteiger partial charge in [0.15, 0.2) is 0 Å². The van der Waals surface area contributed by atoms with Crippen LogP contribution < -0.4 is 0 Å². The molecule has 0 aliphatic heterocycles. The second-order valence-electron chi connectivity index (χ2n) is 2.47. The summed E-state index contributed by atoms with van der Waals surface area (Å²) in [6, 6.07) is 0. The van der Waals surface area contributed by atoms with Crippen LogP contribution in [0.4, 0.5) is 8.78 Å². The SMILES string of the molecule is CC(C)=C(/C=C(\C)Br)OC(F)F. The summed E-state index contributed by atoms with van der Waals surface area (Å²) in [5.41, 5.74) is 0.717. The van der Waals surface area contributed by atoms with Gasteiger partial charge in [0.2, 0.25) is 0 Å². The van der Waals surface area contributed by atoms with Gasteiger partial charge in [-0.25, -0.2) is 0 Å². The van der Waals surface area contributed by atoms with E-state index >= 15 is 0 Å². The summed E-state index contributed by atoms with van der Waals surface area (Å²) < 4.78 is 28.6. The Morgan fingerprint density at radius 3 is 2.08 bits per heavy atom. The predicted molar refractivity (Wildman–Crippen MR) is 48.1 cm³/mol. The van der Waals surface area contributed by atoms with Crippen LogP contribution in [0.5, 0.6) is 0 Å². The van der Waals surface area contributed by atoms with Crippen LogP contribution in [0.2, 0.25) is 0 Å². The molecule has 0 N–H and O–H groups in total. The van der Waals surface area contributed by atoms with Gasteiger partial charge in [0.25, 0.3) is 0 Å². The largest absolute Gasteiger partial charge is 0.435 e. The fourth-order valence-electron chi connectivity index (χ4n) is 0.573. The van der Waals surface area contributed by atoms with E-state index in [1.807, 2.05) is 0 Å². The van der Waals surface area contributed by atoms with E-state index in [1.54, 1.807) is 20.8 Å². The van der Waals surface area contributed by atoms with Crippen LogP contribution in [-0.4, -0.2) is 6.61 Å². The number of halogens is 3. The van der Waals surface area contributed by atoms with Crippen molar-refractivity contribution in [1.82, 2.24) is 0 Å². The first-order valence-electron chi connectivity index (χ1n) is 3.39. The molecule has 0 atom stereocenters. The Balaban J connectivity index is 4.49. The summed E-state index contributed by atoms with van der Waals surface area (Å²) >= 11 is 3.14. The summed E-state index contributed by atoms with van der Waals surface area (Å²) in [7, 11) is 0. The van der Waals surface area contributed by atoms with Crippen molar-refractivity contribution in [2.45, 2.75) is 27.4 Å². The summed E-state index contributed by atoms with van der Waals surface area (Å²) in [6.07, 6.45) is 1.52. The van der Waals surface area contributed by atoms with Crippen LogP contribution in [0.3, 0.4) is 0 Å². The second kappa shape index (κ2) is 5.30. The average molecular weight is 241 g/mol. The number of allylic oxidation sites excluding steroid dienone is 3. The van der Waals surface area contributed by atoms with Gasteiger partial charge >= 0.3 is 6.61 Å². The van der Waals surface area contributed by atoms with E-state index in [4.69, 9.17) is 0 Å². The lowest BCUT2D eigenvalue weighted by Crippen LogP contribution is -1.98. The highest BCUT2D eigenvalue weighted by atomic mass is 79.9. The minimum atomic E-state index is -2.77. The average Bonchev–Trinajstić information content (AvgIpc) is 1.83. The van der Waals surface area contributed by atoms with Gasteiger partial charge in [-0.2, -0.15) is 8.78 Å². The highest BCUT2D eigenvalue weighted by Gasteiger charge is 2.06. The highest BCUT2D eigenvalue weighted by Crippen LogP contribution is 2.16. The molecule has 0 radical (unpaired) electrons. The van der Waals surface area contributed by atoms with Crippen LogP contribution >= 0.6 is 15.9 Å². The minimum absolute atomic E-state index is 0.208. The first-order chi connectivity index (χ1) is 5.43. The third kappa shape index (κ3) is 5.29. The summed E-state index contributed by atoms with van der Waals surface area (Å²) in [5, 5.41) is 0. The Morgan fingerprint density at radius 2 is 1.83 bits per heavy atom. The summed E-state index contributed by atoms with van der Waals surface area (Å²) in [4.78, 5) is 0. The zero-order valence-corrected chi connectivity index (χ0v) is 8.78. The van der Waals surface area contributed by atoms with E-state index in [1.165, 1.54) is 6.08 Å². The molecule has 0 aliphatic carbocycles. The van der Waals surface area contributed by atoms with Gasteiger partial charge in [0, 0.05) is 0 Å². The van der Waals surface area contributed by atoms with Gasteiger partial charge in [-0.05, 0) is 36.9 Å². The molecule has 12 heavy (non-hydrogen) atoms. The van der Waals surface area contributed by atoms with Crippen LogP contribution in [0.1, 0.15) is 20.8 Å². The Morgan fingerprint density at radius 1 is 1.33 bits per heavy atom. The highest BCUT2D eigenvalue weighted by molar-refractivity contribution is 9.11. The van der Waals surface area contributed by atoms with Gasteiger partial charge in [-0.15, -0.1) is 0 Å². The maximum absolute atomic E-state index is 11.8. The van der Waals surface area contributed by atoms with Crippen LogP contribution in [0.25, 0.3) is 0 Å². The molecule has 0 heterocycles. The fourth-order valence-corrected chi connectivity index (χ4v) is 0.781. The topological polar surface area (TPSA) is 9.23 Å². The third-order valence-electron chi connectivity index (χ3n) is 1.04. The van der Waals surface area contributed by atoms with Gasteiger partial charge in [0.05, 0.1) is 0 Å². The minimum Gasteiger partial charge on any atom is -0.435 e. The molecule has 0 saturated carbocycles. The van der Waals surface area contributed by atoms with Crippen molar-refractivity contribution in [2.24, 2.45) is 0 Å². The van der Waals surface area contributed by atoms with Crippen LogP contribution in [-0.2, 0) is 4.74 Å². The maximum Gasteiger partial charge on any atom is 0.387 e. The molecule has 0 aromatic rings.